The van der Waals surface area contributed by atoms with Crippen LogP contribution >= 0.6 is 22.6 Å². The maximum atomic E-state index is 11.2. The van der Waals surface area contributed by atoms with Crippen molar-refractivity contribution in [3.05, 3.63) is 26.8 Å². The second-order valence-corrected chi connectivity index (χ2v) is 4.14. The van der Waals surface area contributed by atoms with Crippen LogP contribution in [-0.2, 0) is 0 Å². The first kappa shape index (κ1) is 12.2. The van der Waals surface area contributed by atoms with Gasteiger partial charge < -0.3 is 4.74 Å². The number of carbonyl (C=O) groups excluding carboxylic acids is 2. The van der Waals surface area contributed by atoms with Crippen molar-refractivity contribution in [3.8, 4) is 5.75 Å². The van der Waals surface area contributed by atoms with E-state index >= 15 is 0 Å². The number of aldehydes is 1. The van der Waals surface area contributed by atoms with Gasteiger partial charge in [-0.3, -0.25) is 9.59 Å². The molecule has 3 nitrogen and oxygen atoms in total. The van der Waals surface area contributed by atoms with Crippen molar-refractivity contribution in [1.29, 1.82) is 0 Å². The van der Waals surface area contributed by atoms with Crippen LogP contribution in [0.4, 0.5) is 0 Å². The Morgan fingerprint density at radius 3 is 2.67 bits per heavy atom. The number of halogens is 1. The highest BCUT2D eigenvalue weighted by atomic mass is 127. The fraction of sp³-hybridized carbons (Fsp3) is 0.273. The second kappa shape index (κ2) is 5.25. The first-order valence-electron chi connectivity index (χ1n) is 4.52. The summed E-state index contributed by atoms with van der Waals surface area (Å²) in [6.07, 6.45) is 0.747. The van der Waals surface area contributed by atoms with Crippen molar-refractivity contribution in [1.82, 2.24) is 0 Å². The molecule has 0 saturated carbocycles. The van der Waals surface area contributed by atoms with Gasteiger partial charge in [-0.25, -0.2) is 0 Å². The Morgan fingerprint density at radius 1 is 1.53 bits per heavy atom. The highest BCUT2D eigenvalue weighted by Gasteiger charge is 2.11. The van der Waals surface area contributed by atoms with Crippen LogP contribution in [-0.4, -0.2) is 18.7 Å². The summed E-state index contributed by atoms with van der Waals surface area (Å²) < 4.78 is 6.05. The van der Waals surface area contributed by atoms with Gasteiger partial charge in [0.15, 0.2) is 12.1 Å². The maximum absolute atomic E-state index is 11.2. The SMILES string of the molecule is CCOc1cc(C(C)=O)cc(I)c1C=O. The average Bonchev–Trinajstić information content (AvgIpc) is 2.17. The monoisotopic (exact) mass is 318 g/mol. The molecule has 0 amide bonds. The predicted molar refractivity (Wildman–Crippen MR) is 65.7 cm³/mol. The number of Topliss-reactive ketones (excluding diaryl/α,β-unsaturated/α-hetero) is 1. The molecule has 1 rings (SSSR count). The number of hydrogen-bond donors (Lipinski definition) is 0. The Balaban J connectivity index is 3.31. The zero-order valence-corrected chi connectivity index (χ0v) is 10.7. The summed E-state index contributed by atoms with van der Waals surface area (Å²) in [4.78, 5) is 22.0. The Hall–Kier alpha value is -0.910. The van der Waals surface area contributed by atoms with Gasteiger partial charge in [0.25, 0.3) is 0 Å². The minimum absolute atomic E-state index is 0.0358. The molecule has 0 heterocycles. The third kappa shape index (κ3) is 2.77. The van der Waals surface area contributed by atoms with Gasteiger partial charge in [-0.1, -0.05) is 0 Å². The molecule has 0 radical (unpaired) electrons. The summed E-state index contributed by atoms with van der Waals surface area (Å²) in [5.74, 6) is 0.441. The standard InChI is InChI=1S/C11H11IO3/c1-3-15-11-5-8(7(2)14)4-10(12)9(11)6-13/h4-6H,3H2,1-2H3. The fourth-order valence-corrected chi connectivity index (χ4v) is 1.91. The lowest BCUT2D eigenvalue weighted by atomic mass is 10.1. The Kier molecular flexibility index (Phi) is 4.26. The minimum atomic E-state index is -0.0358. The third-order valence-corrected chi connectivity index (χ3v) is 2.81. The molecule has 1 aromatic rings. The fourth-order valence-electron chi connectivity index (χ4n) is 1.19. The molecule has 0 N–H and O–H groups in total. The lowest BCUT2D eigenvalue weighted by molar-refractivity contribution is 0.101. The lowest BCUT2D eigenvalue weighted by Gasteiger charge is -2.09. The van der Waals surface area contributed by atoms with Gasteiger partial charge >= 0.3 is 0 Å². The van der Waals surface area contributed by atoms with E-state index in [4.69, 9.17) is 4.74 Å². The number of ether oxygens (including phenoxy) is 1. The van der Waals surface area contributed by atoms with Gasteiger partial charge in [0.05, 0.1) is 12.2 Å². The predicted octanol–water partition coefficient (Wildman–Crippen LogP) is 2.71. The largest absolute Gasteiger partial charge is 0.493 e. The van der Waals surface area contributed by atoms with Crippen LogP contribution in [0.2, 0.25) is 0 Å². The van der Waals surface area contributed by atoms with Gasteiger partial charge in [0.1, 0.15) is 5.75 Å². The van der Waals surface area contributed by atoms with Crippen LogP contribution in [0.25, 0.3) is 0 Å². The van der Waals surface area contributed by atoms with E-state index in [1.807, 2.05) is 29.5 Å². The smallest absolute Gasteiger partial charge is 0.159 e. The molecule has 0 fully saturated rings. The quantitative estimate of drug-likeness (QED) is 0.487. The van der Waals surface area contributed by atoms with Crippen LogP contribution in [0.15, 0.2) is 12.1 Å². The number of rotatable bonds is 4. The molecule has 0 spiro atoms. The van der Waals surface area contributed by atoms with E-state index in [0.29, 0.717) is 23.5 Å². The molecule has 1 aromatic carbocycles. The van der Waals surface area contributed by atoms with E-state index in [0.717, 1.165) is 9.86 Å². The highest BCUT2D eigenvalue weighted by Crippen LogP contribution is 2.25. The van der Waals surface area contributed by atoms with Crippen molar-refractivity contribution >= 4 is 34.7 Å². The summed E-state index contributed by atoms with van der Waals surface area (Å²) in [7, 11) is 0. The second-order valence-electron chi connectivity index (χ2n) is 2.98. The molecule has 0 aromatic heterocycles. The summed E-state index contributed by atoms with van der Waals surface area (Å²) in [5.41, 5.74) is 1.07. The number of benzene rings is 1. The van der Waals surface area contributed by atoms with E-state index in [1.54, 1.807) is 12.1 Å². The zero-order chi connectivity index (χ0) is 11.4. The Bertz CT molecular complexity index is 399. The summed E-state index contributed by atoms with van der Waals surface area (Å²) in [5, 5.41) is 0. The molecule has 0 aliphatic heterocycles. The average molecular weight is 318 g/mol. The van der Waals surface area contributed by atoms with Crippen LogP contribution in [0, 0.1) is 3.57 Å². The highest BCUT2D eigenvalue weighted by molar-refractivity contribution is 14.1. The Morgan fingerprint density at radius 2 is 2.20 bits per heavy atom. The number of ketones is 1. The molecule has 0 aliphatic rings. The van der Waals surface area contributed by atoms with Crippen LogP contribution in [0.5, 0.6) is 5.75 Å². The molecule has 0 aliphatic carbocycles. The van der Waals surface area contributed by atoms with Crippen molar-refractivity contribution in [2.45, 2.75) is 13.8 Å². The lowest BCUT2D eigenvalue weighted by Crippen LogP contribution is -2.02. The first-order chi connectivity index (χ1) is 7.10. The normalized spacial score (nSPS) is 9.80. The molecule has 80 valence electrons. The number of carbonyl (C=O) groups is 2. The molecule has 0 saturated heterocycles. The van der Waals surface area contributed by atoms with E-state index in [9.17, 15) is 9.59 Å². The topological polar surface area (TPSA) is 43.4 Å². The summed E-state index contributed by atoms with van der Waals surface area (Å²) in [6.45, 7) is 3.79. The molecule has 0 unspecified atom stereocenters. The van der Waals surface area contributed by atoms with E-state index < -0.39 is 0 Å². The molecular weight excluding hydrogens is 307 g/mol. The Labute approximate surface area is 102 Å². The van der Waals surface area contributed by atoms with Crippen molar-refractivity contribution in [3.63, 3.8) is 0 Å². The van der Waals surface area contributed by atoms with Gasteiger partial charge in [0, 0.05) is 9.13 Å². The minimum Gasteiger partial charge on any atom is -0.493 e. The van der Waals surface area contributed by atoms with E-state index in [1.165, 1.54) is 6.92 Å². The maximum Gasteiger partial charge on any atom is 0.159 e. The van der Waals surface area contributed by atoms with Gasteiger partial charge in [-0.2, -0.15) is 0 Å². The van der Waals surface area contributed by atoms with Gasteiger partial charge in [-0.05, 0) is 48.6 Å². The van der Waals surface area contributed by atoms with Crippen molar-refractivity contribution in [2.24, 2.45) is 0 Å². The van der Waals surface area contributed by atoms with Crippen LogP contribution in [0.1, 0.15) is 34.6 Å². The zero-order valence-electron chi connectivity index (χ0n) is 8.54. The van der Waals surface area contributed by atoms with E-state index in [-0.39, 0.29) is 5.78 Å². The molecule has 15 heavy (non-hydrogen) atoms. The summed E-state index contributed by atoms with van der Waals surface area (Å²) in [6, 6.07) is 3.30. The van der Waals surface area contributed by atoms with Crippen molar-refractivity contribution in [2.75, 3.05) is 6.61 Å². The summed E-state index contributed by atoms with van der Waals surface area (Å²) >= 11 is 2.02. The molecule has 4 heteroatoms. The molecule has 0 atom stereocenters. The molecular formula is C11H11IO3. The molecule has 0 bridgehead atoms. The van der Waals surface area contributed by atoms with Crippen LogP contribution < -0.4 is 4.74 Å². The van der Waals surface area contributed by atoms with Gasteiger partial charge in [-0.15, -0.1) is 0 Å². The number of hydrogen-bond acceptors (Lipinski definition) is 3. The van der Waals surface area contributed by atoms with Crippen molar-refractivity contribution < 1.29 is 14.3 Å². The first-order valence-corrected chi connectivity index (χ1v) is 5.60. The van der Waals surface area contributed by atoms with Gasteiger partial charge in [0.2, 0.25) is 0 Å². The van der Waals surface area contributed by atoms with E-state index in [2.05, 4.69) is 0 Å². The van der Waals surface area contributed by atoms with Crippen LogP contribution in [0.3, 0.4) is 0 Å². The third-order valence-electron chi connectivity index (χ3n) is 1.92.